The van der Waals surface area contributed by atoms with Crippen LogP contribution in [-0.4, -0.2) is 0 Å². The molecule has 2 heteroatoms. The van der Waals surface area contributed by atoms with Crippen molar-refractivity contribution in [2.75, 3.05) is 9.80 Å². The van der Waals surface area contributed by atoms with E-state index in [-0.39, 0.29) is 0 Å². The van der Waals surface area contributed by atoms with Gasteiger partial charge in [-0.05, 0) is 114 Å². The quantitative estimate of drug-likeness (QED) is 0.119. The zero-order valence-electron chi connectivity index (χ0n) is 32.3. The van der Waals surface area contributed by atoms with Gasteiger partial charge in [-0.25, -0.2) is 0 Å². The monoisotopic (exact) mass is 696 g/mol. The van der Waals surface area contributed by atoms with Crippen molar-refractivity contribution in [2.24, 2.45) is 5.92 Å². The molecule has 1 fully saturated rings. The van der Waals surface area contributed by atoms with E-state index >= 15 is 0 Å². The molecular weight excluding hydrogens is 641 g/mol. The Bertz CT molecular complexity index is 1820. The van der Waals surface area contributed by atoms with E-state index in [9.17, 15) is 0 Å². The highest BCUT2D eigenvalue weighted by Crippen LogP contribution is 2.45. The van der Waals surface area contributed by atoms with Crippen LogP contribution >= 0.6 is 0 Å². The van der Waals surface area contributed by atoms with Crippen molar-refractivity contribution in [1.82, 2.24) is 0 Å². The van der Waals surface area contributed by atoms with Gasteiger partial charge in [-0.3, -0.25) is 0 Å². The van der Waals surface area contributed by atoms with Crippen molar-refractivity contribution in [2.45, 2.75) is 91.9 Å². The summed E-state index contributed by atoms with van der Waals surface area (Å²) in [6.07, 6.45) is 6.62. The fourth-order valence-electron chi connectivity index (χ4n) is 8.81. The van der Waals surface area contributed by atoms with E-state index < -0.39 is 0 Å². The molecule has 1 aliphatic rings. The second-order valence-electron chi connectivity index (χ2n) is 15.5. The average molecular weight is 697 g/mol. The first-order valence-corrected chi connectivity index (χ1v) is 19.8. The summed E-state index contributed by atoms with van der Waals surface area (Å²) in [7, 11) is 0. The maximum atomic E-state index is 2.57. The molecule has 1 aliphatic carbocycles. The molecule has 53 heavy (non-hydrogen) atoms. The summed E-state index contributed by atoms with van der Waals surface area (Å²) < 4.78 is 0. The summed E-state index contributed by atoms with van der Waals surface area (Å²) in [5.74, 6) is 1.02. The first-order valence-electron chi connectivity index (χ1n) is 19.8. The van der Waals surface area contributed by atoms with Crippen LogP contribution in [0.25, 0.3) is 0 Å². The van der Waals surface area contributed by atoms with E-state index in [1.165, 1.54) is 99.1 Å². The molecule has 0 atom stereocenters. The summed E-state index contributed by atoms with van der Waals surface area (Å²) >= 11 is 0. The zero-order chi connectivity index (χ0) is 36.6. The third-order valence-corrected chi connectivity index (χ3v) is 11.5. The van der Waals surface area contributed by atoms with Crippen molar-refractivity contribution in [3.05, 3.63) is 201 Å². The van der Waals surface area contributed by atoms with Crippen molar-refractivity contribution >= 4 is 11.4 Å². The average Bonchev–Trinajstić information content (AvgIpc) is 3.19. The Morgan fingerprint density at radius 3 is 1.06 bits per heavy atom. The molecule has 0 amide bonds. The molecular formula is C51H56N2. The SMILES string of the molecule is Cc1cc(N(Cc2ccccc2)Cc2ccccc2)c(C)cc1C(c1cc(C)c(N(Cc2ccccc2)Cc2ccccc2)cc1C)C1CCCCC1. The number of anilines is 2. The van der Waals surface area contributed by atoms with Crippen LogP contribution in [0.2, 0.25) is 0 Å². The van der Waals surface area contributed by atoms with Gasteiger partial charge in [0.05, 0.1) is 0 Å². The third kappa shape index (κ3) is 8.94. The molecule has 0 aromatic heterocycles. The molecule has 6 aromatic rings. The lowest BCUT2D eigenvalue weighted by Crippen LogP contribution is -2.25. The van der Waals surface area contributed by atoms with Crippen LogP contribution in [0.1, 0.15) is 93.7 Å². The van der Waals surface area contributed by atoms with Gasteiger partial charge in [0.1, 0.15) is 0 Å². The van der Waals surface area contributed by atoms with E-state index in [2.05, 4.69) is 183 Å². The number of nitrogens with zero attached hydrogens (tertiary/aromatic N) is 2. The minimum absolute atomic E-state index is 0.379. The molecule has 0 aliphatic heterocycles. The third-order valence-electron chi connectivity index (χ3n) is 11.5. The molecule has 0 heterocycles. The van der Waals surface area contributed by atoms with Crippen molar-refractivity contribution in [1.29, 1.82) is 0 Å². The highest BCUT2D eigenvalue weighted by Gasteiger charge is 2.30. The van der Waals surface area contributed by atoms with Crippen LogP contribution in [-0.2, 0) is 26.2 Å². The van der Waals surface area contributed by atoms with Crippen molar-refractivity contribution < 1.29 is 0 Å². The summed E-state index contributed by atoms with van der Waals surface area (Å²) in [6.45, 7) is 12.9. The highest BCUT2D eigenvalue weighted by molar-refractivity contribution is 5.62. The van der Waals surface area contributed by atoms with E-state index in [1.807, 2.05) is 0 Å². The fraction of sp³-hybridized carbons (Fsp3) is 0.294. The Labute approximate surface area is 319 Å². The minimum Gasteiger partial charge on any atom is -0.363 e. The second-order valence-corrected chi connectivity index (χ2v) is 15.5. The maximum Gasteiger partial charge on any atom is 0.0433 e. The Morgan fingerprint density at radius 2 is 0.736 bits per heavy atom. The van der Waals surface area contributed by atoms with Crippen LogP contribution in [0.3, 0.4) is 0 Å². The van der Waals surface area contributed by atoms with Gasteiger partial charge < -0.3 is 9.80 Å². The van der Waals surface area contributed by atoms with E-state index in [0.717, 1.165) is 26.2 Å². The van der Waals surface area contributed by atoms with E-state index in [0.29, 0.717) is 11.8 Å². The standard InChI is InChI=1S/C51H56N2/c1-38-32-49(52(34-42-20-10-5-11-21-42)35-43-22-12-6-13-23-43)40(3)30-47(38)51(46-28-18-9-19-29-46)48-31-41(4)50(33-39(48)2)53(36-44-24-14-7-15-25-44)37-45-26-16-8-17-27-45/h5-8,10-17,20-27,30-33,46,51H,9,18-19,28-29,34-37H2,1-4H3. The van der Waals surface area contributed by atoms with Gasteiger partial charge in [-0.2, -0.15) is 0 Å². The second kappa shape index (κ2) is 17.2. The lowest BCUT2D eigenvalue weighted by molar-refractivity contribution is 0.326. The fourth-order valence-corrected chi connectivity index (χ4v) is 8.81. The van der Waals surface area contributed by atoms with Crippen LogP contribution in [0, 0.1) is 33.6 Å². The van der Waals surface area contributed by atoms with Gasteiger partial charge in [0, 0.05) is 43.5 Å². The van der Waals surface area contributed by atoms with Gasteiger partial charge in [0.25, 0.3) is 0 Å². The summed E-state index contributed by atoms with van der Waals surface area (Å²) in [5.41, 5.74) is 16.6. The Balaban J connectivity index is 1.27. The number of hydrogen-bond donors (Lipinski definition) is 0. The van der Waals surface area contributed by atoms with Gasteiger partial charge in [-0.1, -0.05) is 153 Å². The molecule has 270 valence electrons. The molecule has 0 N–H and O–H groups in total. The van der Waals surface area contributed by atoms with E-state index in [4.69, 9.17) is 0 Å². The summed E-state index contributed by atoms with van der Waals surface area (Å²) in [6, 6.07) is 53.9. The topological polar surface area (TPSA) is 6.48 Å². The number of aryl methyl sites for hydroxylation is 4. The molecule has 0 saturated heterocycles. The van der Waals surface area contributed by atoms with E-state index in [1.54, 1.807) is 0 Å². The molecule has 0 unspecified atom stereocenters. The van der Waals surface area contributed by atoms with Gasteiger partial charge in [0.15, 0.2) is 0 Å². The van der Waals surface area contributed by atoms with Gasteiger partial charge in [-0.15, -0.1) is 0 Å². The van der Waals surface area contributed by atoms with Crippen LogP contribution in [0.4, 0.5) is 11.4 Å². The molecule has 0 radical (unpaired) electrons. The maximum absolute atomic E-state index is 2.57. The smallest absolute Gasteiger partial charge is 0.0433 e. The van der Waals surface area contributed by atoms with Crippen LogP contribution in [0.15, 0.2) is 146 Å². The van der Waals surface area contributed by atoms with Gasteiger partial charge in [0.2, 0.25) is 0 Å². The Kier molecular flexibility index (Phi) is 11.8. The molecule has 2 nitrogen and oxygen atoms in total. The Hall–Kier alpha value is -5.08. The normalized spacial score (nSPS) is 13.3. The molecule has 6 aromatic carbocycles. The summed E-state index contributed by atoms with van der Waals surface area (Å²) in [4.78, 5) is 5.15. The molecule has 0 bridgehead atoms. The number of hydrogen-bond acceptors (Lipinski definition) is 2. The minimum atomic E-state index is 0.379. The largest absolute Gasteiger partial charge is 0.363 e. The number of benzene rings is 6. The predicted molar refractivity (Wildman–Crippen MR) is 226 cm³/mol. The molecule has 7 rings (SSSR count). The lowest BCUT2D eigenvalue weighted by atomic mass is 9.71. The summed E-state index contributed by atoms with van der Waals surface area (Å²) in [5, 5.41) is 0. The first-order chi connectivity index (χ1) is 25.9. The predicted octanol–water partition coefficient (Wildman–Crippen LogP) is 13.0. The molecule has 1 saturated carbocycles. The van der Waals surface area contributed by atoms with Crippen LogP contribution < -0.4 is 9.80 Å². The first kappa shape index (κ1) is 36.3. The van der Waals surface area contributed by atoms with Crippen molar-refractivity contribution in [3.63, 3.8) is 0 Å². The van der Waals surface area contributed by atoms with Crippen molar-refractivity contribution in [3.8, 4) is 0 Å². The van der Waals surface area contributed by atoms with Crippen LogP contribution in [0.5, 0.6) is 0 Å². The molecule has 0 spiro atoms. The lowest BCUT2D eigenvalue weighted by Gasteiger charge is -2.35. The highest BCUT2D eigenvalue weighted by atomic mass is 15.1. The van der Waals surface area contributed by atoms with Gasteiger partial charge >= 0.3 is 0 Å². The Morgan fingerprint density at radius 1 is 0.415 bits per heavy atom. The number of rotatable bonds is 13. The zero-order valence-corrected chi connectivity index (χ0v) is 32.3.